The van der Waals surface area contributed by atoms with Crippen molar-refractivity contribution in [1.29, 1.82) is 0 Å². The average molecular weight is 423 g/mol. The number of ether oxygens (including phenoxy) is 1. The zero-order chi connectivity index (χ0) is 20.5. The fourth-order valence-electron chi connectivity index (χ4n) is 4.14. The van der Waals surface area contributed by atoms with E-state index in [4.69, 9.17) is 4.74 Å². The number of rotatable bonds is 4. The van der Waals surface area contributed by atoms with Crippen LogP contribution in [-0.4, -0.2) is 64.8 Å². The second kappa shape index (κ2) is 8.43. The van der Waals surface area contributed by atoms with Gasteiger partial charge in [0.1, 0.15) is 11.4 Å². The van der Waals surface area contributed by atoms with Gasteiger partial charge in [0.05, 0.1) is 19.4 Å². The molecular formula is C23H26N4O2S. The molecule has 2 aromatic heterocycles. The van der Waals surface area contributed by atoms with Gasteiger partial charge in [-0.1, -0.05) is 6.08 Å². The maximum Gasteiger partial charge on any atom is 0.187 e. The third kappa shape index (κ3) is 3.74. The first-order valence-electron chi connectivity index (χ1n) is 10.4. The van der Waals surface area contributed by atoms with Crippen LogP contribution in [0.3, 0.4) is 0 Å². The van der Waals surface area contributed by atoms with Crippen molar-refractivity contribution in [1.82, 2.24) is 13.9 Å². The lowest BCUT2D eigenvalue weighted by Gasteiger charge is -2.28. The van der Waals surface area contributed by atoms with E-state index in [1.165, 1.54) is 5.57 Å². The molecule has 0 amide bonds. The lowest BCUT2D eigenvalue weighted by atomic mass is 10.00. The minimum absolute atomic E-state index is 0.753. The maximum absolute atomic E-state index is 13.5. The van der Waals surface area contributed by atoms with Gasteiger partial charge in [-0.3, -0.25) is 0 Å². The Morgan fingerprint density at radius 1 is 1.07 bits per heavy atom. The van der Waals surface area contributed by atoms with E-state index < -0.39 is 11.4 Å². The first-order chi connectivity index (χ1) is 14.7. The maximum atomic E-state index is 13.5. The van der Waals surface area contributed by atoms with Gasteiger partial charge < -0.3 is 19.1 Å². The van der Waals surface area contributed by atoms with Crippen LogP contribution in [0.25, 0.3) is 16.6 Å². The van der Waals surface area contributed by atoms with Crippen molar-refractivity contribution in [2.24, 2.45) is 0 Å². The molecule has 1 aromatic carbocycles. The fourth-order valence-corrected chi connectivity index (χ4v) is 5.24. The zero-order valence-electron chi connectivity index (χ0n) is 17.2. The van der Waals surface area contributed by atoms with Gasteiger partial charge in [0, 0.05) is 49.0 Å². The van der Waals surface area contributed by atoms with Gasteiger partial charge >= 0.3 is 0 Å². The Labute approximate surface area is 180 Å². The second-order valence-electron chi connectivity index (χ2n) is 7.83. The molecule has 2 aliphatic heterocycles. The molecule has 0 radical (unpaired) electrons. The van der Waals surface area contributed by atoms with Gasteiger partial charge in [-0.15, -0.1) is 3.97 Å². The molecule has 0 bridgehead atoms. The Morgan fingerprint density at radius 2 is 1.87 bits per heavy atom. The molecule has 30 heavy (non-hydrogen) atoms. The van der Waals surface area contributed by atoms with E-state index in [1.807, 2.05) is 28.4 Å². The van der Waals surface area contributed by atoms with Crippen molar-refractivity contribution in [2.75, 3.05) is 51.3 Å². The number of fused-ring (bicyclic) bond motifs is 1. The number of pyridine rings is 1. The van der Waals surface area contributed by atoms with Crippen molar-refractivity contribution in [2.45, 2.75) is 11.3 Å². The third-order valence-electron chi connectivity index (χ3n) is 5.88. The van der Waals surface area contributed by atoms with Gasteiger partial charge in [0.15, 0.2) is 10.5 Å². The van der Waals surface area contributed by atoms with Gasteiger partial charge in [-0.05, 0) is 55.4 Å². The summed E-state index contributed by atoms with van der Waals surface area (Å²) >= 11 is -1.35. The van der Waals surface area contributed by atoms with Crippen LogP contribution in [0.1, 0.15) is 12.0 Å². The second-order valence-corrected chi connectivity index (χ2v) is 9.19. The molecule has 1 unspecified atom stereocenters. The minimum Gasteiger partial charge on any atom is -0.587 e. The summed E-state index contributed by atoms with van der Waals surface area (Å²) in [7, 11) is 2.13. The summed E-state index contributed by atoms with van der Waals surface area (Å²) in [6.45, 7) is 5.26. The molecular weight excluding hydrogens is 396 g/mol. The summed E-state index contributed by atoms with van der Waals surface area (Å²) in [5, 5.41) is 1.06. The van der Waals surface area contributed by atoms with Crippen molar-refractivity contribution in [3.8, 4) is 0 Å². The van der Waals surface area contributed by atoms with Crippen LogP contribution in [0.5, 0.6) is 0 Å². The Balaban J connectivity index is 1.47. The molecule has 2 aliphatic rings. The quantitative estimate of drug-likeness (QED) is 0.605. The van der Waals surface area contributed by atoms with Crippen LogP contribution >= 0.6 is 0 Å². The van der Waals surface area contributed by atoms with Gasteiger partial charge in [-0.2, -0.15) is 0 Å². The summed E-state index contributed by atoms with van der Waals surface area (Å²) in [5.41, 5.74) is 4.36. The minimum atomic E-state index is -1.35. The third-order valence-corrected chi connectivity index (χ3v) is 7.19. The molecule has 7 heteroatoms. The van der Waals surface area contributed by atoms with Gasteiger partial charge in [0.2, 0.25) is 0 Å². The number of morpholine rings is 1. The number of benzene rings is 1. The summed E-state index contributed by atoms with van der Waals surface area (Å²) in [6, 6.07) is 12.1. The standard InChI is InChI=1S/C23H26N4O2S/c1-25-11-8-18(9-12-25)22-17-27(23-21(22)3-2-10-24-23)30(28)20-6-4-19(5-7-20)26-13-15-29-16-14-26/h2-8,10,17H,9,11-16H2,1H3. The van der Waals surface area contributed by atoms with Crippen molar-refractivity contribution in [3.05, 3.63) is 60.4 Å². The number of nitrogens with zero attached hydrogens (tertiary/aromatic N) is 4. The van der Waals surface area contributed by atoms with E-state index >= 15 is 0 Å². The molecule has 0 aliphatic carbocycles. The molecule has 0 N–H and O–H groups in total. The van der Waals surface area contributed by atoms with Crippen LogP contribution < -0.4 is 4.90 Å². The van der Waals surface area contributed by atoms with E-state index in [0.717, 1.165) is 73.0 Å². The lowest BCUT2D eigenvalue weighted by molar-refractivity contribution is 0.122. The molecule has 3 aromatic rings. The predicted octanol–water partition coefficient (Wildman–Crippen LogP) is 3.16. The smallest absolute Gasteiger partial charge is 0.187 e. The first kappa shape index (κ1) is 19.6. The Bertz CT molecular complexity index is 1060. The number of hydrogen-bond donors (Lipinski definition) is 0. The summed E-state index contributed by atoms with van der Waals surface area (Å²) in [4.78, 5) is 9.94. The van der Waals surface area contributed by atoms with E-state index in [0.29, 0.717) is 0 Å². The number of hydrogen-bond acceptors (Lipinski definition) is 5. The predicted molar refractivity (Wildman–Crippen MR) is 121 cm³/mol. The molecule has 0 spiro atoms. The van der Waals surface area contributed by atoms with E-state index in [9.17, 15) is 4.55 Å². The SMILES string of the molecule is CN1CC=C(c2cn([S+]([O-])c3ccc(N4CCOCC4)cc3)c3ncccc23)CC1. The molecule has 156 valence electrons. The molecule has 6 nitrogen and oxygen atoms in total. The first-order valence-corrected chi connectivity index (χ1v) is 11.5. The zero-order valence-corrected chi connectivity index (χ0v) is 18.0. The van der Waals surface area contributed by atoms with Crippen LogP contribution in [0, 0.1) is 0 Å². The molecule has 5 rings (SSSR count). The summed E-state index contributed by atoms with van der Waals surface area (Å²) < 4.78 is 20.7. The average Bonchev–Trinajstić information content (AvgIpc) is 3.20. The van der Waals surface area contributed by atoms with Crippen LogP contribution in [0.4, 0.5) is 5.69 Å². The normalized spacial score (nSPS) is 19.1. The van der Waals surface area contributed by atoms with Gasteiger partial charge in [-0.25, -0.2) is 4.98 Å². The highest BCUT2D eigenvalue weighted by Gasteiger charge is 2.23. The topological polar surface area (TPSA) is 56.6 Å². The highest BCUT2D eigenvalue weighted by atomic mass is 32.2. The van der Waals surface area contributed by atoms with E-state index in [2.05, 4.69) is 46.1 Å². The Morgan fingerprint density at radius 3 is 2.60 bits per heavy atom. The molecule has 1 saturated heterocycles. The highest BCUT2D eigenvalue weighted by Crippen LogP contribution is 2.32. The monoisotopic (exact) mass is 422 g/mol. The van der Waals surface area contributed by atoms with Gasteiger partial charge in [0.25, 0.3) is 0 Å². The highest BCUT2D eigenvalue weighted by molar-refractivity contribution is 7.90. The largest absolute Gasteiger partial charge is 0.587 e. The van der Waals surface area contributed by atoms with Crippen LogP contribution in [0.15, 0.2) is 59.8 Å². The van der Waals surface area contributed by atoms with E-state index in [1.54, 1.807) is 6.20 Å². The molecule has 1 fully saturated rings. The Hall–Kier alpha value is -2.32. The molecule has 1 atom stereocenters. The number of aromatic nitrogens is 2. The fraction of sp³-hybridized carbons (Fsp3) is 0.348. The van der Waals surface area contributed by atoms with Crippen LogP contribution in [-0.2, 0) is 16.1 Å². The number of likely N-dealkylation sites (N-methyl/N-ethyl adjacent to an activating group) is 1. The molecule has 4 heterocycles. The Kier molecular flexibility index (Phi) is 5.52. The van der Waals surface area contributed by atoms with Crippen molar-refractivity contribution in [3.63, 3.8) is 0 Å². The van der Waals surface area contributed by atoms with E-state index in [-0.39, 0.29) is 0 Å². The lowest BCUT2D eigenvalue weighted by Crippen LogP contribution is -2.36. The molecule has 0 saturated carbocycles. The van der Waals surface area contributed by atoms with Crippen LogP contribution in [0.2, 0.25) is 0 Å². The summed E-state index contributed by atoms with van der Waals surface area (Å²) in [6.07, 6.45) is 7.05. The summed E-state index contributed by atoms with van der Waals surface area (Å²) in [5.74, 6) is 0. The number of anilines is 1. The van der Waals surface area contributed by atoms with Crippen molar-refractivity contribution < 1.29 is 9.29 Å². The van der Waals surface area contributed by atoms with Crippen molar-refractivity contribution >= 4 is 33.7 Å².